The second-order valence-corrected chi connectivity index (χ2v) is 7.65. The van der Waals surface area contributed by atoms with Crippen LogP contribution in [0.4, 0.5) is 0 Å². The molecule has 4 nitrogen and oxygen atoms in total. The highest BCUT2D eigenvalue weighted by Crippen LogP contribution is 2.33. The van der Waals surface area contributed by atoms with Gasteiger partial charge in [-0.15, -0.1) is 0 Å². The van der Waals surface area contributed by atoms with Crippen LogP contribution in [0.25, 0.3) is 0 Å². The summed E-state index contributed by atoms with van der Waals surface area (Å²) in [5.74, 6) is 6.32. The normalized spacial score (nSPS) is 15.7. The summed E-state index contributed by atoms with van der Waals surface area (Å²) in [6.45, 7) is 13.2. The van der Waals surface area contributed by atoms with Crippen molar-refractivity contribution in [2.75, 3.05) is 0 Å². The van der Waals surface area contributed by atoms with E-state index in [1.807, 2.05) is 4.68 Å². The molecule has 0 spiro atoms. The molecule has 0 fully saturated rings. The van der Waals surface area contributed by atoms with Crippen molar-refractivity contribution >= 4 is 11.6 Å². The van der Waals surface area contributed by atoms with Gasteiger partial charge in [0.2, 0.25) is 0 Å². The molecule has 20 heavy (non-hydrogen) atoms. The Labute approximate surface area is 128 Å². The van der Waals surface area contributed by atoms with Gasteiger partial charge >= 0.3 is 0 Å². The van der Waals surface area contributed by atoms with E-state index in [1.165, 1.54) is 0 Å². The summed E-state index contributed by atoms with van der Waals surface area (Å²) < 4.78 is 1.96. The fourth-order valence-electron chi connectivity index (χ4n) is 2.88. The topological polar surface area (TPSA) is 55.9 Å². The lowest BCUT2D eigenvalue weighted by Crippen LogP contribution is -2.32. The van der Waals surface area contributed by atoms with Crippen LogP contribution in [0.2, 0.25) is 5.02 Å². The lowest BCUT2D eigenvalue weighted by molar-refractivity contribution is 0.271. The number of hydrazine groups is 1. The van der Waals surface area contributed by atoms with E-state index in [2.05, 4.69) is 52.1 Å². The molecule has 116 valence electrons. The molecule has 2 atom stereocenters. The quantitative estimate of drug-likeness (QED) is 0.614. The van der Waals surface area contributed by atoms with Crippen LogP contribution in [0.1, 0.15) is 72.2 Å². The zero-order valence-corrected chi connectivity index (χ0v) is 14.3. The Morgan fingerprint density at radius 1 is 1.35 bits per heavy atom. The van der Waals surface area contributed by atoms with E-state index in [4.69, 9.17) is 17.4 Å². The molecule has 0 saturated heterocycles. The van der Waals surface area contributed by atoms with Crippen LogP contribution in [0.5, 0.6) is 0 Å². The van der Waals surface area contributed by atoms with Crippen LogP contribution in [-0.4, -0.2) is 9.78 Å². The third-order valence-electron chi connectivity index (χ3n) is 3.41. The summed E-state index contributed by atoms with van der Waals surface area (Å²) in [5.41, 5.74) is 4.22. The number of nitrogens with one attached hydrogen (secondary N) is 1. The third kappa shape index (κ3) is 4.76. The maximum Gasteiger partial charge on any atom is 0.0834 e. The molecular formula is C15H29ClN4. The zero-order chi connectivity index (χ0) is 15.5. The summed E-state index contributed by atoms with van der Waals surface area (Å²) in [5, 5.41) is 5.04. The van der Waals surface area contributed by atoms with Gasteiger partial charge in [0.1, 0.15) is 0 Å². The first-order valence-electron chi connectivity index (χ1n) is 7.34. The molecule has 3 N–H and O–H groups in total. The lowest BCUT2D eigenvalue weighted by atomic mass is 9.82. The van der Waals surface area contributed by atoms with Crippen LogP contribution >= 0.6 is 11.6 Å². The van der Waals surface area contributed by atoms with E-state index in [9.17, 15) is 0 Å². The molecular weight excluding hydrogens is 272 g/mol. The van der Waals surface area contributed by atoms with E-state index in [-0.39, 0.29) is 12.1 Å². The van der Waals surface area contributed by atoms with Crippen LogP contribution in [0, 0.1) is 11.3 Å². The first-order valence-corrected chi connectivity index (χ1v) is 7.72. The van der Waals surface area contributed by atoms with Gasteiger partial charge in [0, 0.05) is 6.04 Å². The number of nitrogens with two attached hydrogens (primary N) is 1. The number of hydrogen-bond donors (Lipinski definition) is 2. The third-order valence-corrected chi connectivity index (χ3v) is 3.70. The fraction of sp³-hybridized carbons (Fsp3) is 0.800. The number of rotatable bonds is 6. The lowest BCUT2D eigenvalue weighted by Gasteiger charge is -2.27. The van der Waals surface area contributed by atoms with Gasteiger partial charge < -0.3 is 0 Å². The highest BCUT2D eigenvalue weighted by Gasteiger charge is 2.24. The average molecular weight is 301 g/mol. The van der Waals surface area contributed by atoms with Crippen molar-refractivity contribution < 1.29 is 0 Å². The van der Waals surface area contributed by atoms with Crippen molar-refractivity contribution in [3.05, 3.63) is 16.9 Å². The van der Waals surface area contributed by atoms with Crippen molar-refractivity contribution in [1.82, 2.24) is 15.2 Å². The summed E-state index contributed by atoms with van der Waals surface area (Å²) in [4.78, 5) is 0. The summed E-state index contributed by atoms with van der Waals surface area (Å²) in [7, 11) is 0. The van der Waals surface area contributed by atoms with E-state index in [0.29, 0.717) is 16.4 Å². The van der Waals surface area contributed by atoms with E-state index in [0.717, 1.165) is 18.5 Å². The Morgan fingerprint density at radius 2 is 1.95 bits per heavy atom. The van der Waals surface area contributed by atoms with Gasteiger partial charge in [0.25, 0.3) is 0 Å². The average Bonchev–Trinajstić information content (AvgIpc) is 2.65. The first kappa shape index (κ1) is 17.5. The SMILES string of the molecule is CC(CC(NN)c1c(Cl)cnn1C(C)C)CC(C)(C)C. The maximum absolute atomic E-state index is 6.30. The van der Waals surface area contributed by atoms with Gasteiger partial charge in [-0.05, 0) is 38.0 Å². The Kier molecular flexibility index (Phi) is 6.05. The second kappa shape index (κ2) is 6.92. The van der Waals surface area contributed by atoms with Crippen molar-refractivity contribution in [2.24, 2.45) is 17.2 Å². The van der Waals surface area contributed by atoms with Crippen molar-refractivity contribution in [1.29, 1.82) is 0 Å². The molecule has 1 heterocycles. The Hall–Kier alpha value is -0.580. The summed E-state index contributed by atoms with van der Waals surface area (Å²) in [6.07, 6.45) is 3.81. The summed E-state index contributed by atoms with van der Waals surface area (Å²) >= 11 is 6.30. The van der Waals surface area contributed by atoms with E-state index < -0.39 is 0 Å². The first-order chi connectivity index (χ1) is 9.15. The molecule has 1 rings (SSSR count). The van der Waals surface area contributed by atoms with Gasteiger partial charge in [0.15, 0.2) is 0 Å². The zero-order valence-electron chi connectivity index (χ0n) is 13.6. The number of aromatic nitrogens is 2. The predicted octanol–water partition coefficient (Wildman–Crippen LogP) is 4.08. The predicted molar refractivity (Wildman–Crippen MR) is 85.5 cm³/mol. The Bertz CT molecular complexity index is 420. The van der Waals surface area contributed by atoms with Crippen LogP contribution in [-0.2, 0) is 0 Å². The van der Waals surface area contributed by atoms with E-state index in [1.54, 1.807) is 6.20 Å². The molecule has 0 aliphatic rings. The van der Waals surface area contributed by atoms with Gasteiger partial charge in [-0.2, -0.15) is 5.10 Å². The maximum atomic E-state index is 6.30. The smallest absolute Gasteiger partial charge is 0.0834 e. The second-order valence-electron chi connectivity index (χ2n) is 7.24. The standard InChI is InChI=1S/C15H29ClN4/c1-10(2)20-14(12(16)9-18-20)13(19-17)7-11(3)8-15(4,5)6/h9-11,13,19H,7-8,17H2,1-6H3. The number of halogens is 1. The largest absolute Gasteiger partial charge is 0.271 e. The number of hydrogen-bond acceptors (Lipinski definition) is 3. The molecule has 0 aliphatic carbocycles. The molecule has 0 radical (unpaired) electrons. The molecule has 5 heteroatoms. The minimum absolute atomic E-state index is 0.0322. The van der Waals surface area contributed by atoms with Gasteiger partial charge in [-0.25, -0.2) is 0 Å². The highest BCUT2D eigenvalue weighted by molar-refractivity contribution is 6.31. The molecule has 2 unspecified atom stereocenters. The molecule has 1 aromatic heterocycles. The van der Waals surface area contributed by atoms with Crippen LogP contribution < -0.4 is 11.3 Å². The summed E-state index contributed by atoms with van der Waals surface area (Å²) in [6, 6.07) is 0.302. The molecule has 0 aliphatic heterocycles. The van der Waals surface area contributed by atoms with Crippen molar-refractivity contribution in [3.8, 4) is 0 Å². The molecule has 0 saturated carbocycles. The molecule has 1 aromatic rings. The molecule has 0 aromatic carbocycles. The van der Waals surface area contributed by atoms with Crippen LogP contribution in [0.3, 0.4) is 0 Å². The molecule has 0 bridgehead atoms. The van der Waals surface area contributed by atoms with Crippen LogP contribution in [0.15, 0.2) is 6.20 Å². The minimum Gasteiger partial charge on any atom is -0.271 e. The fourth-order valence-corrected chi connectivity index (χ4v) is 3.14. The number of nitrogens with zero attached hydrogens (tertiary/aromatic N) is 2. The van der Waals surface area contributed by atoms with Gasteiger partial charge in [-0.1, -0.05) is 39.3 Å². The van der Waals surface area contributed by atoms with Crippen molar-refractivity contribution in [3.63, 3.8) is 0 Å². The van der Waals surface area contributed by atoms with E-state index >= 15 is 0 Å². The Morgan fingerprint density at radius 3 is 2.40 bits per heavy atom. The molecule has 0 amide bonds. The van der Waals surface area contributed by atoms with Crippen molar-refractivity contribution in [2.45, 2.75) is 66.5 Å². The Balaban J connectivity index is 2.89. The highest BCUT2D eigenvalue weighted by atomic mass is 35.5. The van der Waals surface area contributed by atoms with Gasteiger partial charge in [0.05, 0.1) is 23.0 Å². The monoisotopic (exact) mass is 300 g/mol. The minimum atomic E-state index is 0.0322. The van der Waals surface area contributed by atoms with Gasteiger partial charge in [-0.3, -0.25) is 16.0 Å².